The molecular formula is C5H6Cl3NOS. The van der Waals surface area contributed by atoms with Crippen molar-refractivity contribution in [3.63, 3.8) is 0 Å². The average Bonchev–Trinajstić information content (AvgIpc) is 1.93. The Kier molecular flexibility index (Phi) is 2.30. The molecule has 0 N–H and O–H groups in total. The summed E-state index contributed by atoms with van der Waals surface area (Å²) in [5, 5.41) is 0. The van der Waals surface area contributed by atoms with E-state index in [4.69, 9.17) is 34.8 Å². The van der Waals surface area contributed by atoms with Gasteiger partial charge in [-0.3, -0.25) is 9.10 Å². The second kappa shape index (κ2) is 2.59. The van der Waals surface area contributed by atoms with Crippen LogP contribution in [-0.2, 0) is 4.79 Å². The van der Waals surface area contributed by atoms with Crippen molar-refractivity contribution in [3.8, 4) is 0 Å². The van der Waals surface area contributed by atoms with Crippen LogP contribution in [0, 0.1) is 0 Å². The normalized spacial score (nSPS) is 36.5. The molecule has 1 unspecified atom stereocenters. The van der Waals surface area contributed by atoms with Crippen molar-refractivity contribution < 1.29 is 4.79 Å². The van der Waals surface area contributed by atoms with Crippen molar-refractivity contribution in [3.05, 3.63) is 0 Å². The van der Waals surface area contributed by atoms with E-state index >= 15 is 0 Å². The van der Waals surface area contributed by atoms with Gasteiger partial charge in [0.2, 0.25) is 3.67 Å². The fraction of sp³-hybridized carbons (Fsp3) is 0.800. The lowest BCUT2D eigenvalue weighted by atomic mass is 10.2. The molecule has 0 radical (unpaired) electrons. The Morgan fingerprint density at radius 2 is 1.91 bits per heavy atom. The highest BCUT2D eigenvalue weighted by Crippen LogP contribution is 2.55. The SMILES string of the molecule is CN1SC(Cl)(Cl)C(C)(Cl)C1=O. The predicted molar refractivity (Wildman–Crippen MR) is 49.1 cm³/mol. The van der Waals surface area contributed by atoms with Gasteiger partial charge in [-0.2, -0.15) is 0 Å². The number of halogens is 3. The summed E-state index contributed by atoms with van der Waals surface area (Å²) in [6.07, 6.45) is 0. The Labute approximate surface area is 84.3 Å². The van der Waals surface area contributed by atoms with Gasteiger partial charge >= 0.3 is 0 Å². The Morgan fingerprint density at radius 1 is 1.45 bits per heavy atom. The molecular weight excluding hydrogens is 228 g/mol. The smallest absolute Gasteiger partial charge is 0.257 e. The average molecular weight is 235 g/mol. The number of amides is 1. The van der Waals surface area contributed by atoms with Crippen LogP contribution in [0.5, 0.6) is 0 Å². The minimum absolute atomic E-state index is 0.269. The van der Waals surface area contributed by atoms with Gasteiger partial charge in [0.15, 0.2) is 4.87 Å². The van der Waals surface area contributed by atoms with Crippen LogP contribution in [0.15, 0.2) is 0 Å². The topological polar surface area (TPSA) is 20.3 Å². The molecule has 0 aromatic heterocycles. The largest absolute Gasteiger partial charge is 0.285 e. The molecule has 1 aliphatic heterocycles. The first kappa shape index (κ1) is 9.78. The van der Waals surface area contributed by atoms with Gasteiger partial charge in [-0.05, 0) is 18.9 Å². The zero-order valence-electron chi connectivity index (χ0n) is 5.90. The molecule has 0 bridgehead atoms. The first-order valence-electron chi connectivity index (χ1n) is 2.83. The summed E-state index contributed by atoms with van der Waals surface area (Å²) in [6.45, 7) is 1.51. The maximum atomic E-state index is 11.2. The predicted octanol–water partition coefficient (Wildman–Crippen LogP) is 2.24. The van der Waals surface area contributed by atoms with Crippen molar-refractivity contribution in [1.82, 2.24) is 4.31 Å². The summed E-state index contributed by atoms with van der Waals surface area (Å²) in [7, 11) is 1.58. The van der Waals surface area contributed by atoms with E-state index in [1.54, 1.807) is 7.05 Å². The maximum Gasteiger partial charge on any atom is 0.257 e. The van der Waals surface area contributed by atoms with E-state index in [1.165, 1.54) is 11.2 Å². The van der Waals surface area contributed by atoms with Gasteiger partial charge in [-0.25, -0.2) is 0 Å². The molecule has 0 aromatic carbocycles. The minimum atomic E-state index is -1.26. The summed E-state index contributed by atoms with van der Waals surface area (Å²) >= 11 is 18.4. The molecule has 64 valence electrons. The van der Waals surface area contributed by atoms with Gasteiger partial charge < -0.3 is 0 Å². The van der Waals surface area contributed by atoms with Crippen LogP contribution >= 0.6 is 46.8 Å². The monoisotopic (exact) mass is 233 g/mol. The van der Waals surface area contributed by atoms with Crippen molar-refractivity contribution in [2.45, 2.75) is 15.5 Å². The zero-order valence-corrected chi connectivity index (χ0v) is 8.98. The molecule has 0 aromatic rings. The first-order valence-corrected chi connectivity index (χ1v) is 4.74. The number of carbonyl (C=O) groups excluding carboxylic acids is 1. The third-order valence-corrected chi connectivity index (χ3v) is 4.48. The van der Waals surface area contributed by atoms with E-state index in [2.05, 4.69) is 0 Å². The van der Waals surface area contributed by atoms with Crippen LogP contribution in [-0.4, -0.2) is 25.8 Å². The first-order chi connectivity index (χ1) is 4.79. The summed E-state index contributed by atoms with van der Waals surface area (Å²) in [5.74, 6) is -0.269. The van der Waals surface area contributed by atoms with Crippen molar-refractivity contribution >= 4 is 52.7 Å². The van der Waals surface area contributed by atoms with Crippen molar-refractivity contribution in [2.24, 2.45) is 0 Å². The highest BCUT2D eigenvalue weighted by molar-refractivity contribution is 8.02. The molecule has 0 spiro atoms. The maximum absolute atomic E-state index is 11.2. The third-order valence-electron chi connectivity index (χ3n) is 1.49. The Hall–Kier alpha value is 0.690. The number of hydrogen-bond acceptors (Lipinski definition) is 2. The molecule has 2 nitrogen and oxygen atoms in total. The van der Waals surface area contributed by atoms with Crippen LogP contribution in [0.2, 0.25) is 0 Å². The van der Waals surface area contributed by atoms with E-state index in [-0.39, 0.29) is 5.91 Å². The van der Waals surface area contributed by atoms with E-state index in [9.17, 15) is 4.79 Å². The van der Waals surface area contributed by atoms with Crippen LogP contribution in [0.25, 0.3) is 0 Å². The molecule has 11 heavy (non-hydrogen) atoms. The van der Waals surface area contributed by atoms with Gasteiger partial charge in [0.1, 0.15) is 0 Å². The summed E-state index contributed by atoms with van der Waals surface area (Å²) in [4.78, 5) is 10.0. The molecule has 1 fully saturated rings. The van der Waals surface area contributed by atoms with Gasteiger partial charge in [-0.15, -0.1) is 11.6 Å². The van der Waals surface area contributed by atoms with Crippen LogP contribution in [0.3, 0.4) is 0 Å². The van der Waals surface area contributed by atoms with E-state index in [0.29, 0.717) is 0 Å². The molecule has 6 heteroatoms. The molecule has 0 saturated carbocycles. The minimum Gasteiger partial charge on any atom is -0.285 e. The highest BCUT2D eigenvalue weighted by atomic mass is 35.5. The van der Waals surface area contributed by atoms with Crippen molar-refractivity contribution in [2.75, 3.05) is 7.05 Å². The lowest BCUT2D eigenvalue weighted by Crippen LogP contribution is -2.39. The Bertz CT molecular complexity index is 206. The zero-order chi connectivity index (χ0) is 8.86. The fourth-order valence-electron chi connectivity index (χ4n) is 0.719. The molecule has 1 saturated heterocycles. The molecule has 1 rings (SSSR count). The Morgan fingerprint density at radius 3 is 2.00 bits per heavy atom. The standard InChI is InChI=1S/C5H6Cl3NOS/c1-4(6)3(10)9(2)11-5(4,7)8/h1-2H3. The number of hydrogen-bond donors (Lipinski definition) is 0. The van der Waals surface area contributed by atoms with Crippen LogP contribution in [0.4, 0.5) is 0 Å². The van der Waals surface area contributed by atoms with Crippen LogP contribution < -0.4 is 0 Å². The van der Waals surface area contributed by atoms with Gasteiger partial charge in [0.25, 0.3) is 5.91 Å². The summed E-state index contributed by atoms with van der Waals surface area (Å²) in [6, 6.07) is 0. The van der Waals surface area contributed by atoms with E-state index < -0.39 is 8.54 Å². The molecule has 1 amide bonds. The number of rotatable bonds is 0. The summed E-state index contributed by atoms with van der Waals surface area (Å²) < 4.78 is 0.0768. The quantitative estimate of drug-likeness (QED) is 0.473. The molecule has 1 atom stereocenters. The molecule has 1 aliphatic rings. The Balaban J connectivity index is 3.02. The van der Waals surface area contributed by atoms with Crippen LogP contribution in [0.1, 0.15) is 6.92 Å². The second-order valence-electron chi connectivity index (χ2n) is 2.41. The van der Waals surface area contributed by atoms with E-state index in [0.717, 1.165) is 11.9 Å². The van der Waals surface area contributed by atoms with E-state index in [1.807, 2.05) is 0 Å². The lowest BCUT2D eigenvalue weighted by molar-refractivity contribution is -0.126. The number of nitrogens with zero attached hydrogens (tertiary/aromatic N) is 1. The van der Waals surface area contributed by atoms with Crippen molar-refractivity contribution in [1.29, 1.82) is 0 Å². The lowest BCUT2D eigenvalue weighted by Gasteiger charge is -2.21. The fourth-order valence-corrected chi connectivity index (χ4v) is 2.65. The highest BCUT2D eigenvalue weighted by Gasteiger charge is 2.59. The third kappa shape index (κ3) is 1.32. The molecule has 0 aliphatic carbocycles. The number of carbonyl (C=O) groups is 1. The van der Waals surface area contributed by atoms with Gasteiger partial charge in [0, 0.05) is 7.05 Å². The van der Waals surface area contributed by atoms with Gasteiger partial charge in [-0.1, -0.05) is 23.2 Å². The number of alkyl halides is 3. The second-order valence-corrected chi connectivity index (χ2v) is 6.29. The van der Waals surface area contributed by atoms with Gasteiger partial charge in [0.05, 0.1) is 0 Å². The molecule has 1 heterocycles. The summed E-state index contributed by atoms with van der Waals surface area (Å²) in [5.41, 5.74) is 0.